The lowest BCUT2D eigenvalue weighted by molar-refractivity contribution is 0.413. The Hall–Kier alpha value is -1.38. The summed E-state index contributed by atoms with van der Waals surface area (Å²) in [5.41, 5.74) is 4.22. The van der Waals surface area contributed by atoms with Crippen LogP contribution in [0.3, 0.4) is 0 Å². The van der Waals surface area contributed by atoms with Crippen LogP contribution in [0.1, 0.15) is 50.4 Å². The van der Waals surface area contributed by atoms with E-state index in [4.69, 9.17) is 0 Å². The molecule has 0 bridgehead atoms. The summed E-state index contributed by atoms with van der Waals surface area (Å²) < 4.78 is 0. The fraction of sp³-hybridized carbons (Fsp3) is 0.538. The molecule has 0 amide bonds. The summed E-state index contributed by atoms with van der Waals surface area (Å²) in [6.07, 6.45) is 5.80. The lowest BCUT2D eigenvalue weighted by Crippen LogP contribution is -2.08. The molecule has 3 nitrogen and oxygen atoms in total. The van der Waals surface area contributed by atoms with E-state index in [1.165, 1.54) is 25.0 Å². The molecule has 3 heteroatoms. The van der Waals surface area contributed by atoms with Crippen molar-refractivity contribution >= 4 is 11.2 Å². The maximum absolute atomic E-state index is 4.42. The minimum atomic E-state index is 0.728. The Morgan fingerprint density at radius 3 is 2.69 bits per heavy atom. The highest BCUT2D eigenvalue weighted by atomic mass is 14.9. The maximum Gasteiger partial charge on any atom is 0.156 e. The molecule has 0 spiro atoms. The standard InChI is InChI=1S/C11H13N3.C2H6/c1-7-6-12-10-5-9(8-3-2-4-8)14-11(10)13-7;1-2/h5-6,8H,2-4H2,1H3,(H,13,14);1-2H3. The molecule has 1 N–H and O–H groups in total. The molecule has 1 aliphatic carbocycles. The molecule has 0 aliphatic heterocycles. The molecule has 3 rings (SSSR count). The van der Waals surface area contributed by atoms with Crippen molar-refractivity contribution < 1.29 is 0 Å². The SMILES string of the molecule is CC.Cc1cnc2cc(C3CCC3)[nH]c2n1. The fourth-order valence-corrected chi connectivity index (χ4v) is 1.94. The summed E-state index contributed by atoms with van der Waals surface area (Å²) in [7, 11) is 0. The minimum absolute atomic E-state index is 0.728. The van der Waals surface area contributed by atoms with Gasteiger partial charge in [-0.25, -0.2) is 4.98 Å². The molecule has 2 aromatic heterocycles. The van der Waals surface area contributed by atoms with Crippen LogP contribution in [0, 0.1) is 6.92 Å². The van der Waals surface area contributed by atoms with Gasteiger partial charge in [0.15, 0.2) is 5.65 Å². The molecule has 0 unspecified atom stereocenters. The number of hydrogen-bond donors (Lipinski definition) is 1. The Morgan fingerprint density at radius 2 is 2.06 bits per heavy atom. The summed E-state index contributed by atoms with van der Waals surface area (Å²) in [6, 6.07) is 2.14. The van der Waals surface area contributed by atoms with Crippen LogP contribution in [0.2, 0.25) is 0 Å². The zero-order valence-corrected chi connectivity index (χ0v) is 10.2. The summed E-state index contributed by atoms with van der Waals surface area (Å²) in [5.74, 6) is 0.728. The number of nitrogens with zero attached hydrogens (tertiary/aromatic N) is 2. The molecule has 1 aliphatic rings. The van der Waals surface area contributed by atoms with Crippen LogP contribution < -0.4 is 0 Å². The van der Waals surface area contributed by atoms with E-state index >= 15 is 0 Å². The van der Waals surface area contributed by atoms with Crippen molar-refractivity contribution in [2.45, 2.75) is 46.0 Å². The van der Waals surface area contributed by atoms with Gasteiger partial charge < -0.3 is 4.98 Å². The van der Waals surface area contributed by atoms with E-state index in [0.29, 0.717) is 0 Å². The maximum atomic E-state index is 4.42. The number of aromatic amines is 1. The molecule has 2 aromatic rings. The first-order chi connectivity index (χ1) is 7.83. The van der Waals surface area contributed by atoms with Crippen LogP contribution in [0.5, 0.6) is 0 Å². The highest BCUT2D eigenvalue weighted by molar-refractivity contribution is 5.71. The second-order valence-electron chi connectivity index (χ2n) is 4.10. The van der Waals surface area contributed by atoms with Crippen LogP contribution in [-0.2, 0) is 0 Å². The zero-order chi connectivity index (χ0) is 11.5. The van der Waals surface area contributed by atoms with E-state index < -0.39 is 0 Å². The Morgan fingerprint density at radius 1 is 1.31 bits per heavy atom. The van der Waals surface area contributed by atoms with Gasteiger partial charge in [0.05, 0.1) is 5.69 Å². The first-order valence-corrected chi connectivity index (χ1v) is 6.15. The van der Waals surface area contributed by atoms with Crippen LogP contribution in [0.15, 0.2) is 12.3 Å². The largest absolute Gasteiger partial charge is 0.342 e. The second-order valence-corrected chi connectivity index (χ2v) is 4.10. The number of aromatic nitrogens is 3. The van der Waals surface area contributed by atoms with Crippen molar-refractivity contribution in [2.75, 3.05) is 0 Å². The van der Waals surface area contributed by atoms with Gasteiger partial charge >= 0.3 is 0 Å². The molecule has 1 saturated carbocycles. The van der Waals surface area contributed by atoms with Crippen LogP contribution in [-0.4, -0.2) is 15.0 Å². The van der Waals surface area contributed by atoms with Crippen LogP contribution in [0.4, 0.5) is 0 Å². The average molecular weight is 217 g/mol. The van der Waals surface area contributed by atoms with Crippen molar-refractivity contribution in [3.8, 4) is 0 Å². The topological polar surface area (TPSA) is 41.6 Å². The van der Waals surface area contributed by atoms with Crippen molar-refractivity contribution in [3.05, 3.63) is 23.7 Å². The number of nitrogens with one attached hydrogen (secondary N) is 1. The normalized spacial score (nSPS) is 15.4. The first kappa shape index (κ1) is 11.1. The van der Waals surface area contributed by atoms with Crippen molar-refractivity contribution in [2.24, 2.45) is 0 Å². The van der Waals surface area contributed by atoms with E-state index in [2.05, 4.69) is 21.0 Å². The molecule has 0 aromatic carbocycles. The van der Waals surface area contributed by atoms with E-state index in [0.717, 1.165) is 22.8 Å². The molecule has 2 heterocycles. The van der Waals surface area contributed by atoms with Gasteiger partial charge in [0.1, 0.15) is 5.52 Å². The second kappa shape index (κ2) is 4.64. The molecule has 0 atom stereocenters. The Kier molecular flexibility index (Phi) is 3.22. The molecule has 0 saturated heterocycles. The van der Waals surface area contributed by atoms with E-state index in [1.54, 1.807) is 0 Å². The summed E-state index contributed by atoms with van der Waals surface area (Å²) >= 11 is 0. The number of aryl methyl sites for hydroxylation is 1. The molecule has 86 valence electrons. The first-order valence-electron chi connectivity index (χ1n) is 6.15. The highest BCUT2D eigenvalue weighted by Crippen LogP contribution is 2.36. The molecular weight excluding hydrogens is 198 g/mol. The number of H-pyrrole nitrogens is 1. The summed E-state index contributed by atoms with van der Waals surface area (Å²) in [6.45, 7) is 5.97. The quantitative estimate of drug-likeness (QED) is 0.793. The Bertz CT molecular complexity index is 469. The van der Waals surface area contributed by atoms with Gasteiger partial charge in [0.2, 0.25) is 0 Å². The monoisotopic (exact) mass is 217 g/mol. The smallest absolute Gasteiger partial charge is 0.156 e. The zero-order valence-electron chi connectivity index (χ0n) is 10.2. The number of hydrogen-bond acceptors (Lipinski definition) is 2. The third-order valence-corrected chi connectivity index (χ3v) is 3.02. The fourth-order valence-electron chi connectivity index (χ4n) is 1.94. The van der Waals surface area contributed by atoms with Crippen molar-refractivity contribution in [1.29, 1.82) is 0 Å². The van der Waals surface area contributed by atoms with Gasteiger partial charge in [-0.2, -0.15) is 0 Å². The molecular formula is C13H19N3. The minimum Gasteiger partial charge on any atom is -0.342 e. The van der Waals surface area contributed by atoms with Crippen molar-refractivity contribution in [1.82, 2.24) is 15.0 Å². The summed E-state index contributed by atoms with van der Waals surface area (Å²) in [4.78, 5) is 12.1. The molecule has 0 radical (unpaired) electrons. The lowest BCUT2D eigenvalue weighted by atomic mass is 9.83. The Balaban J connectivity index is 0.000000457. The molecule has 1 fully saturated rings. The van der Waals surface area contributed by atoms with Crippen LogP contribution >= 0.6 is 0 Å². The van der Waals surface area contributed by atoms with Crippen molar-refractivity contribution in [3.63, 3.8) is 0 Å². The van der Waals surface area contributed by atoms with Gasteiger partial charge in [-0.3, -0.25) is 4.98 Å². The number of rotatable bonds is 1. The predicted molar refractivity (Wildman–Crippen MR) is 66.6 cm³/mol. The summed E-state index contributed by atoms with van der Waals surface area (Å²) in [5, 5.41) is 0. The lowest BCUT2D eigenvalue weighted by Gasteiger charge is -2.23. The third kappa shape index (κ3) is 1.94. The van der Waals surface area contributed by atoms with Gasteiger partial charge in [-0.1, -0.05) is 20.3 Å². The van der Waals surface area contributed by atoms with Crippen LogP contribution in [0.25, 0.3) is 11.2 Å². The number of fused-ring (bicyclic) bond motifs is 1. The van der Waals surface area contributed by atoms with E-state index in [1.807, 2.05) is 27.0 Å². The van der Waals surface area contributed by atoms with E-state index in [-0.39, 0.29) is 0 Å². The third-order valence-electron chi connectivity index (χ3n) is 3.02. The van der Waals surface area contributed by atoms with Gasteiger partial charge in [-0.05, 0) is 31.7 Å². The predicted octanol–water partition coefficient (Wildman–Crippen LogP) is 3.56. The van der Waals surface area contributed by atoms with Gasteiger partial charge in [0, 0.05) is 11.9 Å². The average Bonchev–Trinajstić information content (AvgIpc) is 2.60. The Labute approximate surface area is 96.3 Å². The van der Waals surface area contributed by atoms with Gasteiger partial charge in [0.25, 0.3) is 0 Å². The van der Waals surface area contributed by atoms with E-state index in [9.17, 15) is 0 Å². The van der Waals surface area contributed by atoms with Gasteiger partial charge in [-0.15, -0.1) is 0 Å². The highest BCUT2D eigenvalue weighted by Gasteiger charge is 2.21. The molecule has 16 heavy (non-hydrogen) atoms.